The van der Waals surface area contributed by atoms with E-state index >= 15 is 0 Å². The number of ether oxygens (including phenoxy) is 8. The Balaban J connectivity index is 1.97. The summed E-state index contributed by atoms with van der Waals surface area (Å²) in [5, 5.41) is 0. The number of rotatable bonds is 8. The van der Waals surface area contributed by atoms with Gasteiger partial charge in [0.15, 0.2) is 18.7 Å². The van der Waals surface area contributed by atoms with Crippen LogP contribution >= 0.6 is 0 Å². The van der Waals surface area contributed by atoms with Gasteiger partial charge in [-0.1, -0.05) is 12.7 Å². The van der Waals surface area contributed by atoms with Gasteiger partial charge in [-0.2, -0.15) is 0 Å². The van der Waals surface area contributed by atoms with Crippen LogP contribution in [-0.2, 0) is 37.9 Å². The molecule has 0 unspecified atom stereocenters. The molecule has 2 saturated heterocycles. The number of hydrogen-bond donors (Lipinski definition) is 0. The Hall–Kier alpha value is -1.23. The molecular formula is C19H32O9. The highest BCUT2D eigenvalue weighted by Gasteiger charge is 2.44. The maximum Gasteiger partial charge on any atom is 0.509 e. The van der Waals surface area contributed by atoms with Gasteiger partial charge >= 0.3 is 6.16 Å². The summed E-state index contributed by atoms with van der Waals surface area (Å²) in [6, 6.07) is 0. The van der Waals surface area contributed by atoms with Crippen LogP contribution in [0.25, 0.3) is 0 Å². The van der Waals surface area contributed by atoms with Crippen LogP contribution < -0.4 is 0 Å². The van der Waals surface area contributed by atoms with Gasteiger partial charge in [0.1, 0.15) is 18.8 Å². The smallest absolute Gasteiger partial charge is 0.430 e. The van der Waals surface area contributed by atoms with Crippen LogP contribution in [0.1, 0.15) is 26.7 Å². The van der Waals surface area contributed by atoms with Crippen molar-refractivity contribution in [3.63, 3.8) is 0 Å². The zero-order chi connectivity index (χ0) is 20.7. The molecule has 9 nitrogen and oxygen atoms in total. The Morgan fingerprint density at radius 3 is 2.14 bits per heavy atom. The van der Waals surface area contributed by atoms with E-state index in [-0.39, 0.29) is 31.2 Å². The molecule has 8 atom stereocenters. The number of carbonyl (C=O) groups excluding carboxylic acids is 1. The number of carbonyl (C=O) groups is 1. The molecule has 162 valence electrons. The second kappa shape index (κ2) is 11.1. The van der Waals surface area contributed by atoms with E-state index in [4.69, 9.17) is 37.9 Å². The lowest BCUT2D eigenvalue weighted by molar-refractivity contribution is -0.312. The van der Waals surface area contributed by atoms with Crippen LogP contribution in [-0.4, -0.2) is 83.3 Å². The molecule has 0 bridgehead atoms. The van der Waals surface area contributed by atoms with Gasteiger partial charge in [0.05, 0.1) is 18.3 Å². The monoisotopic (exact) mass is 404 g/mol. The van der Waals surface area contributed by atoms with Crippen molar-refractivity contribution in [3.05, 3.63) is 12.7 Å². The molecule has 9 heteroatoms. The molecule has 0 aliphatic carbocycles. The van der Waals surface area contributed by atoms with Crippen LogP contribution in [0, 0.1) is 0 Å². The minimum Gasteiger partial charge on any atom is -0.430 e. The summed E-state index contributed by atoms with van der Waals surface area (Å²) in [6.45, 7) is 7.27. The summed E-state index contributed by atoms with van der Waals surface area (Å²) in [5.41, 5.74) is 0. The number of methoxy groups -OCH3 is 3. The third kappa shape index (κ3) is 5.88. The van der Waals surface area contributed by atoms with Gasteiger partial charge in [-0.05, 0) is 13.8 Å². The van der Waals surface area contributed by atoms with Crippen molar-refractivity contribution in [1.29, 1.82) is 0 Å². The number of hydrogen-bond acceptors (Lipinski definition) is 9. The second-order valence-corrected chi connectivity index (χ2v) is 6.83. The summed E-state index contributed by atoms with van der Waals surface area (Å²) in [5.74, 6) is 0. The average molecular weight is 404 g/mol. The lowest BCUT2D eigenvalue weighted by Crippen LogP contribution is -2.55. The van der Waals surface area contributed by atoms with E-state index in [0.29, 0.717) is 12.8 Å². The van der Waals surface area contributed by atoms with Crippen molar-refractivity contribution < 1.29 is 42.7 Å². The molecule has 0 aromatic carbocycles. The summed E-state index contributed by atoms with van der Waals surface area (Å²) in [4.78, 5) is 11.8. The minimum absolute atomic E-state index is 0.0740. The van der Waals surface area contributed by atoms with Gasteiger partial charge in [-0.15, -0.1) is 0 Å². The van der Waals surface area contributed by atoms with E-state index < -0.39 is 30.8 Å². The first kappa shape index (κ1) is 23.1. The third-order valence-electron chi connectivity index (χ3n) is 4.97. The van der Waals surface area contributed by atoms with Crippen molar-refractivity contribution in [2.45, 2.75) is 75.9 Å². The normalized spacial score (nSPS) is 38.6. The zero-order valence-electron chi connectivity index (χ0n) is 17.2. The minimum atomic E-state index is -0.791. The quantitative estimate of drug-likeness (QED) is 0.445. The molecule has 0 spiro atoms. The summed E-state index contributed by atoms with van der Waals surface area (Å²) in [6.07, 6.45) is -1.53. The fourth-order valence-electron chi connectivity index (χ4n) is 3.51. The van der Waals surface area contributed by atoms with Crippen LogP contribution in [0.3, 0.4) is 0 Å². The van der Waals surface area contributed by atoms with Crippen molar-refractivity contribution in [1.82, 2.24) is 0 Å². The highest BCUT2D eigenvalue weighted by atomic mass is 16.8. The van der Waals surface area contributed by atoms with Gasteiger partial charge < -0.3 is 37.9 Å². The van der Waals surface area contributed by atoms with Gasteiger partial charge in [-0.3, -0.25) is 0 Å². The van der Waals surface area contributed by atoms with E-state index in [1.807, 2.05) is 6.92 Å². The Labute approximate surface area is 166 Å². The Morgan fingerprint density at radius 1 is 0.964 bits per heavy atom. The van der Waals surface area contributed by atoms with Gasteiger partial charge in [0, 0.05) is 34.2 Å². The highest BCUT2D eigenvalue weighted by molar-refractivity contribution is 5.60. The molecule has 0 aromatic rings. The summed E-state index contributed by atoms with van der Waals surface area (Å²) >= 11 is 0. The molecule has 28 heavy (non-hydrogen) atoms. The van der Waals surface area contributed by atoms with E-state index in [0.717, 1.165) is 0 Å². The fraction of sp³-hybridized carbons (Fsp3) is 0.842. The van der Waals surface area contributed by atoms with Crippen molar-refractivity contribution in [2.75, 3.05) is 27.9 Å². The molecule has 2 heterocycles. The lowest BCUT2D eigenvalue weighted by Gasteiger charge is -2.43. The second-order valence-electron chi connectivity index (χ2n) is 6.83. The highest BCUT2D eigenvalue weighted by Crippen LogP contribution is 2.31. The fourth-order valence-corrected chi connectivity index (χ4v) is 3.51. The van der Waals surface area contributed by atoms with Crippen LogP contribution in [0.15, 0.2) is 12.7 Å². The molecule has 2 fully saturated rings. The van der Waals surface area contributed by atoms with Gasteiger partial charge in [0.25, 0.3) is 0 Å². The molecule has 0 N–H and O–H groups in total. The average Bonchev–Trinajstić information content (AvgIpc) is 2.69. The topological polar surface area (TPSA) is 90.9 Å². The first-order valence-electron chi connectivity index (χ1n) is 9.42. The molecule has 0 saturated carbocycles. The van der Waals surface area contributed by atoms with Crippen molar-refractivity contribution in [2.24, 2.45) is 0 Å². The van der Waals surface area contributed by atoms with E-state index in [1.165, 1.54) is 6.08 Å². The first-order valence-corrected chi connectivity index (χ1v) is 9.42. The summed E-state index contributed by atoms with van der Waals surface area (Å²) in [7, 11) is 4.78. The van der Waals surface area contributed by atoms with Crippen LogP contribution in [0.2, 0.25) is 0 Å². The lowest BCUT2D eigenvalue weighted by atomic mass is 10.00. The van der Waals surface area contributed by atoms with Crippen LogP contribution in [0.4, 0.5) is 4.79 Å². The maximum absolute atomic E-state index is 11.8. The van der Waals surface area contributed by atoms with E-state index in [2.05, 4.69) is 6.58 Å². The summed E-state index contributed by atoms with van der Waals surface area (Å²) < 4.78 is 44.5. The van der Waals surface area contributed by atoms with Crippen molar-refractivity contribution in [3.8, 4) is 0 Å². The van der Waals surface area contributed by atoms with Gasteiger partial charge in [-0.25, -0.2) is 4.79 Å². The predicted molar refractivity (Wildman–Crippen MR) is 97.8 cm³/mol. The maximum atomic E-state index is 11.8. The SMILES string of the molecule is C=CCOC(=O)O[C@H]1[C@H](C)O[C@H](O[C@H]2[C@H](C)O[C@@H](OC)C[C@@H]2OC)C[C@@H]1OC. The van der Waals surface area contributed by atoms with E-state index in [9.17, 15) is 4.79 Å². The molecule has 0 amide bonds. The van der Waals surface area contributed by atoms with Crippen LogP contribution in [0.5, 0.6) is 0 Å². The van der Waals surface area contributed by atoms with E-state index in [1.54, 1.807) is 28.3 Å². The Bertz CT molecular complexity index is 500. The first-order chi connectivity index (χ1) is 13.4. The Kier molecular flexibility index (Phi) is 9.13. The molecular weight excluding hydrogens is 372 g/mol. The molecule has 2 aliphatic rings. The largest absolute Gasteiger partial charge is 0.509 e. The molecule has 2 rings (SSSR count). The van der Waals surface area contributed by atoms with Gasteiger partial charge in [0.2, 0.25) is 0 Å². The molecule has 2 aliphatic heterocycles. The zero-order valence-corrected chi connectivity index (χ0v) is 17.2. The predicted octanol–water partition coefficient (Wildman–Crippen LogP) is 2.03. The van der Waals surface area contributed by atoms with Crippen molar-refractivity contribution >= 4 is 6.16 Å². The third-order valence-corrected chi connectivity index (χ3v) is 4.97. The molecule has 0 radical (unpaired) electrons. The standard InChI is InChI=1S/C19H32O9/c1-7-8-24-19(20)28-18-12(3)26-16(10-14(18)22-5)27-17-11(2)25-15(23-6)9-13(17)21-4/h7,11-18H,1,8-10H2,2-6H3/t11-,12-,13-,14-,15+,16+,17-,18-/m0/s1. The Morgan fingerprint density at radius 2 is 1.54 bits per heavy atom. The molecule has 0 aromatic heterocycles.